The van der Waals surface area contributed by atoms with Gasteiger partial charge >= 0.3 is 0 Å². The van der Waals surface area contributed by atoms with E-state index < -0.39 is 0 Å². The minimum atomic E-state index is -0.359. The number of rotatable bonds is 7. The van der Waals surface area contributed by atoms with Crippen molar-refractivity contribution in [2.24, 2.45) is 10.7 Å². The van der Waals surface area contributed by atoms with Crippen LogP contribution in [0.15, 0.2) is 29.3 Å². The van der Waals surface area contributed by atoms with Crippen LogP contribution in [0.1, 0.15) is 26.7 Å². The van der Waals surface area contributed by atoms with Crippen molar-refractivity contribution < 1.29 is 9.13 Å². The van der Waals surface area contributed by atoms with E-state index in [2.05, 4.69) is 17.2 Å². The molecule has 0 radical (unpaired) electrons. The Bertz CT molecular complexity index is 409. The monoisotopic (exact) mass is 267 g/mol. The number of benzene rings is 1. The van der Waals surface area contributed by atoms with Gasteiger partial charge < -0.3 is 15.8 Å². The van der Waals surface area contributed by atoms with E-state index in [1.807, 2.05) is 6.92 Å². The lowest BCUT2D eigenvalue weighted by Gasteiger charge is -2.16. The molecule has 0 saturated carbocycles. The molecule has 106 valence electrons. The van der Waals surface area contributed by atoms with Crippen molar-refractivity contribution in [3.05, 3.63) is 30.1 Å². The molecular weight excluding hydrogens is 245 g/mol. The average Bonchev–Trinajstić information content (AvgIpc) is 2.43. The first-order valence-electron chi connectivity index (χ1n) is 6.62. The minimum Gasteiger partial charge on any atom is -0.485 e. The number of hydrogen-bond acceptors (Lipinski definition) is 2. The Hall–Kier alpha value is -1.78. The molecular formula is C14H22FN3O. The van der Waals surface area contributed by atoms with Gasteiger partial charge in [-0.05, 0) is 25.0 Å². The van der Waals surface area contributed by atoms with Crippen molar-refractivity contribution in [3.8, 4) is 5.75 Å². The van der Waals surface area contributed by atoms with Gasteiger partial charge in [0, 0.05) is 6.54 Å². The highest BCUT2D eigenvalue weighted by atomic mass is 19.1. The Labute approximate surface area is 113 Å². The van der Waals surface area contributed by atoms with Gasteiger partial charge in [-0.3, -0.25) is 0 Å². The van der Waals surface area contributed by atoms with Gasteiger partial charge in [0.25, 0.3) is 0 Å². The van der Waals surface area contributed by atoms with Crippen LogP contribution in [-0.2, 0) is 0 Å². The van der Waals surface area contributed by atoms with Crippen molar-refractivity contribution in [2.75, 3.05) is 13.1 Å². The topological polar surface area (TPSA) is 59.6 Å². The molecule has 0 heterocycles. The van der Waals surface area contributed by atoms with E-state index in [1.165, 1.54) is 6.07 Å². The van der Waals surface area contributed by atoms with Gasteiger partial charge in [-0.1, -0.05) is 26.0 Å². The van der Waals surface area contributed by atoms with Crippen molar-refractivity contribution >= 4 is 5.96 Å². The molecule has 1 aromatic carbocycles. The van der Waals surface area contributed by atoms with E-state index in [9.17, 15) is 4.39 Å². The molecule has 4 nitrogen and oxygen atoms in total. The number of aliphatic imine (C=N–C) groups is 1. The molecule has 1 atom stereocenters. The quantitative estimate of drug-likeness (QED) is 0.588. The number of halogens is 1. The Kier molecular flexibility index (Phi) is 6.71. The molecule has 0 aromatic heterocycles. The number of nitrogens with zero attached hydrogens (tertiary/aromatic N) is 1. The molecule has 19 heavy (non-hydrogen) atoms. The zero-order valence-electron chi connectivity index (χ0n) is 11.5. The smallest absolute Gasteiger partial charge is 0.188 e. The third-order valence-electron chi connectivity index (χ3n) is 2.61. The first kappa shape index (κ1) is 15.3. The zero-order chi connectivity index (χ0) is 14.1. The summed E-state index contributed by atoms with van der Waals surface area (Å²) in [4.78, 5) is 4.19. The standard InChI is InChI=1S/C14H22FN3O/c1-3-9-17-14(16)18-10-11(4-2)19-13-8-6-5-7-12(13)15/h5-8,11H,3-4,9-10H2,1-2H3,(H3,16,17,18). The van der Waals surface area contributed by atoms with Gasteiger partial charge in [0.2, 0.25) is 0 Å². The van der Waals surface area contributed by atoms with Crippen LogP contribution in [0.3, 0.4) is 0 Å². The average molecular weight is 267 g/mol. The molecule has 3 N–H and O–H groups in total. The number of hydrogen-bond donors (Lipinski definition) is 2. The van der Waals surface area contributed by atoms with E-state index >= 15 is 0 Å². The van der Waals surface area contributed by atoms with Gasteiger partial charge in [-0.15, -0.1) is 0 Å². The Balaban J connectivity index is 2.52. The molecule has 0 spiro atoms. The van der Waals surface area contributed by atoms with Crippen molar-refractivity contribution in [2.45, 2.75) is 32.8 Å². The fraction of sp³-hybridized carbons (Fsp3) is 0.500. The SMILES string of the molecule is CCCNC(N)=NCC(CC)Oc1ccccc1F. The van der Waals surface area contributed by atoms with Gasteiger partial charge in [-0.2, -0.15) is 0 Å². The maximum Gasteiger partial charge on any atom is 0.188 e. The number of ether oxygens (including phenoxy) is 1. The highest BCUT2D eigenvalue weighted by molar-refractivity contribution is 5.77. The number of guanidine groups is 1. The maximum atomic E-state index is 13.5. The van der Waals surface area contributed by atoms with Crippen LogP contribution in [0.4, 0.5) is 4.39 Å². The molecule has 0 aliphatic heterocycles. The summed E-state index contributed by atoms with van der Waals surface area (Å²) in [7, 11) is 0. The summed E-state index contributed by atoms with van der Waals surface area (Å²) in [6.07, 6.45) is 1.54. The maximum absolute atomic E-state index is 13.5. The second kappa shape index (κ2) is 8.34. The third kappa shape index (κ3) is 5.59. The first-order valence-corrected chi connectivity index (χ1v) is 6.62. The van der Waals surface area contributed by atoms with Crippen LogP contribution < -0.4 is 15.8 Å². The number of nitrogens with two attached hydrogens (primary N) is 1. The Morgan fingerprint density at radius 2 is 2.16 bits per heavy atom. The van der Waals surface area contributed by atoms with E-state index in [4.69, 9.17) is 10.5 Å². The second-order valence-corrected chi connectivity index (χ2v) is 4.23. The van der Waals surface area contributed by atoms with Crippen molar-refractivity contribution in [1.82, 2.24) is 5.32 Å². The van der Waals surface area contributed by atoms with Crippen molar-refractivity contribution in [1.29, 1.82) is 0 Å². The van der Waals surface area contributed by atoms with E-state index in [0.29, 0.717) is 12.5 Å². The lowest BCUT2D eigenvalue weighted by Crippen LogP contribution is -2.33. The minimum absolute atomic E-state index is 0.182. The van der Waals surface area contributed by atoms with Gasteiger partial charge in [0.05, 0.1) is 6.54 Å². The Morgan fingerprint density at radius 1 is 1.42 bits per heavy atom. The fourth-order valence-corrected chi connectivity index (χ4v) is 1.48. The number of nitrogens with one attached hydrogen (secondary N) is 1. The summed E-state index contributed by atoms with van der Waals surface area (Å²) in [5, 5.41) is 2.99. The van der Waals surface area contributed by atoms with Crippen LogP contribution in [0, 0.1) is 5.82 Å². The molecule has 0 aliphatic carbocycles. The lowest BCUT2D eigenvalue weighted by molar-refractivity contribution is 0.197. The van der Waals surface area contributed by atoms with Gasteiger partial charge in [0.15, 0.2) is 17.5 Å². The molecule has 0 fully saturated rings. The summed E-state index contributed by atoms with van der Waals surface area (Å²) >= 11 is 0. The van der Waals surface area contributed by atoms with Crippen LogP contribution in [0.5, 0.6) is 5.75 Å². The molecule has 0 saturated heterocycles. The second-order valence-electron chi connectivity index (χ2n) is 4.23. The largest absolute Gasteiger partial charge is 0.485 e. The Morgan fingerprint density at radius 3 is 2.79 bits per heavy atom. The molecule has 1 unspecified atom stereocenters. The summed E-state index contributed by atoms with van der Waals surface area (Å²) in [6.45, 7) is 5.22. The first-order chi connectivity index (χ1) is 9.17. The summed E-state index contributed by atoms with van der Waals surface area (Å²) in [5.74, 6) is 0.295. The molecule has 1 aromatic rings. The normalized spacial score (nSPS) is 13.1. The lowest BCUT2D eigenvalue weighted by atomic mass is 10.2. The molecule has 0 amide bonds. The third-order valence-corrected chi connectivity index (χ3v) is 2.61. The van der Waals surface area contributed by atoms with Crippen LogP contribution in [-0.4, -0.2) is 25.2 Å². The fourth-order valence-electron chi connectivity index (χ4n) is 1.48. The summed E-state index contributed by atoms with van der Waals surface area (Å²) < 4.78 is 19.0. The van der Waals surface area contributed by atoms with Crippen LogP contribution >= 0.6 is 0 Å². The van der Waals surface area contributed by atoms with E-state index in [-0.39, 0.29) is 17.7 Å². The highest BCUT2D eigenvalue weighted by Gasteiger charge is 2.10. The van der Waals surface area contributed by atoms with E-state index in [1.54, 1.807) is 18.2 Å². The number of para-hydroxylation sites is 1. The van der Waals surface area contributed by atoms with Gasteiger partial charge in [0.1, 0.15) is 6.10 Å². The molecule has 0 bridgehead atoms. The zero-order valence-corrected chi connectivity index (χ0v) is 11.5. The summed E-state index contributed by atoms with van der Waals surface area (Å²) in [6, 6.07) is 6.36. The van der Waals surface area contributed by atoms with Gasteiger partial charge in [-0.25, -0.2) is 9.38 Å². The predicted molar refractivity (Wildman–Crippen MR) is 75.9 cm³/mol. The summed E-state index contributed by atoms with van der Waals surface area (Å²) in [5.41, 5.74) is 5.70. The van der Waals surface area contributed by atoms with Crippen molar-refractivity contribution in [3.63, 3.8) is 0 Å². The molecule has 5 heteroatoms. The van der Waals surface area contributed by atoms with E-state index in [0.717, 1.165) is 19.4 Å². The van der Waals surface area contributed by atoms with Crippen LogP contribution in [0.2, 0.25) is 0 Å². The van der Waals surface area contributed by atoms with Crippen LogP contribution in [0.25, 0.3) is 0 Å². The predicted octanol–water partition coefficient (Wildman–Crippen LogP) is 2.30. The molecule has 1 rings (SSSR count). The molecule has 0 aliphatic rings. The highest BCUT2D eigenvalue weighted by Crippen LogP contribution is 2.18.